The van der Waals surface area contributed by atoms with Crippen molar-refractivity contribution in [3.63, 3.8) is 0 Å². The molecule has 3 N–H and O–H groups in total. The van der Waals surface area contributed by atoms with Gasteiger partial charge in [0.15, 0.2) is 0 Å². The highest BCUT2D eigenvalue weighted by molar-refractivity contribution is 7.59. The monoisotopic (exact) mass is 1010 g/mol. The van der Waals surface area contributed by atoms with Crippen molar-refractivity contribution >= 4 is 58.3 Å². The van der Waals surface area contributed by atoms with Crippen LogP contribution in [-0.2, 0) is 42.2 Å². The molecule has 0 spiro atoms. The SMILES string of the molecule is COC(=O)c1ccc2c(c1)OC[C@H](C)N(Cc1ccc(OC)cc1)C2.COC(=O)c1ccc2c(c1)OC[C@H](C)NC2.COc1ccc(CN2Cc3ccc(C(=O)NO)cc3OC[C@@H]2C)cc1.S.S.S. The van der Waals surface area contributed by atoms with Gasteiger partial charge in [0.25, 0.3) is 5.91 Å². The molecule has 0 bridgehead atoms. The Balaban J connectivity index is 0.000000275. The first kappa shape index (κ1) is 57.7. The maximum atomic E-state index is 11.7. The van der Waals surface area contributed by atoms with E-state index in [1.807, 2.05) is 42.5 Å². The number of methoxy groups -OCH3 is 4. The first-order valence-corrected chi connectivity index (χ1v) is 21.8. The second-order valence-electron chi connectivity index (χ2n) is 16.3. The quantitative estimate of drug-likeness (QED) is 0.0753. The fraction of sp³-hybridized carbons (Fsp3) is 0.353. The average Bonchev–Trinajstić information content (AvgIpc) is 3.72. The van der Waals surface area contributed by atoms with Gasteiger partial charge in [0.1, 0.15) is 48.6 Å². The third-order valence-electron chi connectivity index (χ3n) is 11.6. The summed E-state index contributed by atoms with van der Waals surface area (Å²) in [6, 6.07) is 33.1. The van der Waals surface area contributed by atoms with Crippen LogP contribution in [0.1, 0.15) is 79.7 Å². The molecule has 15 nitrogen and oxygen atoms in total. The van der Waals surface area contributed by atoms with E-state index in [2.05, 4.69) is 64.9 Å². The second-order valence-corrected chi connectivity index (χ2v) is 16.3. The summed E-state index contributed by atoms with van der Waals surface area (Å²) < 4.78 is 37.3. The van der Waals surface area contributed by atoms with E-state index < -0.39 is 5.91 Å². The maximum Gasteiger partial charge on any atom is 0.337 e. The van der Waals surface area contributed by atoms with Crippen LogP contribution in [0.2, 0.25) is 0 Å². The molecule has 0 saturated heterocycles. The van der Waals surface area contributed by atoms with Crippen LogP contribution in [-0.4, -0.2) is 99.2 Å². The maximum absolute atomic E-state index is 11.7. The van der Waals surface area contributed by atoms with Gasteiger partial charge in [-0.3, -0.25) is 19.8 Å². The van der Waals surface area contributed by atoms with Crippen LogP contribution in [0, 0.1) is 0 Å². The van der Waals surface area contributed by atoms with E-state index in [-0.39, 0.29) is 64.5 Å². The van der Waals surface area contributed by atoms with Crippen molar-refractivity contribution in [3.05, 3.63) is 148 Å². The van der Waals surface area contributed by atoms with Crippen molar-refractivity contribution in [3.8, 4) is 28.7 Å². The van der Waals surface area contributed by atoms with Crippen molar-refractivity contribution in [1.82, 2.24) is 20.6 Å². The molecule has 69 heavy (non-hydrogen) atoms. The summed E-state index contributed by atoms with van der Waals surface area (Å²) in [5.41, 5.74) is 8.64. The number of hydroxylamine groups is 1. The summed E-state index contributed by atoms with van der Waals surface area (Å²) in [6.07, 6.45) is 0. The van der Waals surface area contributed by atoms with Crippen molar-refractivity contribution in [2.45, 2.75) is 71.6 Å². The van der Waals surface area contributed by atoms with Gasteiger partial charge < -0.3 is 38.5 Å². The minimum Gasteiger partial charge on any atom is -0.497 e. The molecule has 3 heterocycles. The molecule has 3 atom stereocenters. The van der Waals surface area contributed by atoms with Crippen molar-refractivity contribution in [2.75, 3.05) is 48.3 Å². The summed E-state index contributed by atoms with van der Waals surface area (Å²) in [6.45, 7) is 11.9. The van der Waals surface area contributed by atoms with Crippen LogP contribution < -0.4 is 34.5 Å². The molecule has 374 valence electrons. The molecule has 0 radical (unpaired) electrons. The lowest BCUT2D eigenvalue weighted by Gasteiger charge is -2.26. The third kappa shape index (κ3) is 16.0. The van der Waals surface area contributed by atoms with Crippen LogP contribution in [0.5, 0.6) is 28.7 Å². The Hall–Kier alpha value is -5.60. The van der Waals surface area contributed by atoms with Crippen LogP contribution in [0.25, 0.3) is 0 Å². The Morgan fingerprint density at radius 1 is 0.580 bits per heavy atom. The third-order valence-corrected chi connectivity index (χ3v) is 11.6. The molecule has 3 aliphatic rings. The Labute approximate surface area is 426 Å². The predicted molar refractivity (Wildman–Crippen MR) is 279 cm³/mol. The predicted octanol–water partition coefficient (Wildman–Crippen LogP) is 7.54. The Kier molecular flexibility index (Phi) is 23.6. The van der Waals surface area contributed by atoms with Crippen molar-refractivity contribution < 1.29 is 52.7 Å². The fourth-order valence-electron chi connectivity index (χ4n) is 7.46. The summed E-state index contributed by atoms with van der Waals surface area (Å²) in [5, 5.41) is 12.1. The van der Waals surface area contributed by atoms with Crippen LogP contribution in [0.3, 0.4) is 0 Å². The number of amides is 1. The number of fused-ring (bicyclic) bond motifs is 3. The van der Waals surface area contributed by atoms with Crippen LogP contribution >= 0.6 is 40.5 Å². The van der Waals surface area contributed by atoms with Gasteiger partial charge >= 0.3 is 11.9 Å². The van der Waals surface area contributed by atoms with E-state index in [0.29, 0.717) is 48.3 Å². The number of hydrogen-bond acceptors (Lipinski definition) is 14. The lowest BCUT2D eigenvalue weighted by Crippen LogP contribution is -2.34. The van der Waals surface area contributed by atoms with Gasteiger partial charge in [-0.1, -0.05) is 42.5 Å². The second kappa shape index (κ2) is 28.2. The number of esters is 2. The van der Waals surface area contributed by atoms with Gasteiger partial charge in [0, 0.05) is 73.1 Å². The minimum absolute atomic E-state index is 0. The zero-order valence-corrected chi connectivity index (χ0v) is 43.1. The number of nitrogens with one attached hydrogen (secondary N) is 2. The van der Waals surface area contributed by atoms with Gasteiger partial charge in [0.2, 0.25) is 0 Å². The molecule has 18 heteroatoms. The number of ether oxygens (including phenoxy) is 7. The number of nitrogens with zero attached hydrogens (tertiary/aromatic N) is 2. The largest absolute Gasteiger partial charge is 0.497 e. The molecule has 0 fully saturated rings. The number of carbonyl (C=O) groups excluding carboxylic acids is 3. The lowest BCUT2D eigenvalue weighted by atomic mass is 10.1. The number of hydrogen-bond donors (Lipinski definition) is 3. The van der Waals surface area contributed by atoms with Crippen molar-refractivity contribution in [1.29, 1.82) is 0 Å². The van der Waals surface area contributed by atoms with E-state index in [0.717, 1.165) is 72.4 Å². The average molecular weight is 1010 g/mol. The summed E-state index contributed by atoms with van der Waals surface area (Å²) in [4.78, 5) is 39.3. The summed E-state index contributed by atoms with van der Waals surface area (Å²) >= 11 is 0. The molecule has 1 amide bonds. The topological polar surface area (TPSA) is 167 Å². The fourth-order valence-corrected chi connectivity index (χ4v) is 7.46. The van der Waals surface area contributed by atoms with Gasteiger partial charge in [0.05, 0.1) is 39.6 Å². The molecule has 0 saturated carbocycles. The van der Waals surface area contributed by atoms with Crippen molar-refractivity contribution in [2.24, 2.45) is 0 Å². The molecule has 8 rings (SSSR count). The Morgan fingerprint density at radius 2 is 0.971 bits per heavy atom. The highest BCUT2D eigenvalue weighted by Gasteiger charge is 2.25. The molecule has 0 aromatic heterocycles. The number of carbonyl (C=O) groups is 3. The first-order chi connectivity index (χ1) is 31.9. The smallest absolute Gasteiger partial charge is 0.337 e. The standard InChI is InChI=1S/C20H23NO4.C19H22N2O4.C12H15NO3.3H2S/c1-14-13-25-19-10-16(20(22)24-3)6-7-17(19)12-21(14)11-15-4-8-18(23-2)9-5-15;1-13-12-25-18-9-15(19(22)20-23)5-6-16(18)11-21(13)10-14-3-7-17(24-2)8-4-14;1-8-7-16-11-5-9(12(14)15-2)3-4-10(11)6-13-8;;;/h4-10,14H,11-13H2,1-3H3;3-9,13,23H,10-12H2,1-2H3,(H,20,22);3-5,8,13H,6-7H2,1-2H3;3*1H2/t14-;13-;8-;;;/m000.../s1. The number of rotatable bonds is 9. The molecule has 5 aromatic carbocycles. The van der Waals surface area contributed by atoms with Crippen LogP contribution in [0.15, 0.2) is 103 Å². The summed E-state index contributed by atoms with van der Waals surface area (Å²) in [7, 11) is 6.08. The van der Waals surface area contributed by atoms with Crippen LogP contribution in [0.4, 0.5) is 0 Å². The lowest BCUT2D eigenvalue weighted by molar-refractivity contribution is 0.0591. The van der Waals surface area contributed by atoms with Gasteiger partial charge in [-0.25, -0.2) is 15.1 Å². The van der Waals surface area contributed by atoms with E-state index in [1.54, 1.807) is 56.1 Å². The van der Waals surface area contributed by atoms with E-state index in [9.17, 15) is 14.4 Å². The summed E-state index contributed by atoms with van der Waals surface area (Å²) in [5.74, 6) is 2.68. The highest BCUT2D eigenvalue weighted by atomic mass is 32.1. The zero-order valence-electron chi connectivity index (χ0n) is 40.1. The molecular formula is C51H66N4O11S3. The number of benzene rings is 5. The Bertz CT molecular complexity index is 2300. The molecule has 0 unspecified atom stereocenters. The molecule has 5 aromatic rings. The van der Waals surface area contributed by atoms with E-state index in [1.165, 1.54) is 25.3 Å². The Morgan fingerprint density at radius 3 is 1.39 bits per heavy atom. The first-order valence-electron chi connectivity index (χ1n) is 21.8. The molecular weight excluding hydrogens is 941 g/mol. The zero-order chi connectivity index (χ0) is 47.2. The molecule has 3 aliphatic heterocycles. The van der Waals surface area contributed by atoms with Gasteiger partial charge in [-0.15, -0.1) is 0 Å². The normalized spacial score (nSPS) is 16.9. The highest BCUT2D eigenvalue weighted by Crippen LogP contribution is 2.30. The van der Waals surface area contributed by atoms with E-state index in [4.69, 9.17) is 33.6 Å². The van der Waals surface area contributed by atoms with E-state index >= 15 is 0 Å². The molecule has 0 aliphatic carbocycles. The minimum atomic E-state index is -0.543. The van der Waals surface area contributed by atoms with Gasteiger partial charge in [-0.05, 0) is 92.6 Å². The van der Waals surface area contributed by atoms with Gasteiger partial charge in [-0.2, -0.15) is 40.5 Å².